The van der Waals surface area contributed by atoms with Gasteiger partial charge in [-0.15, -0.1) is 0 Å². The van der Waals surface area contributed by atoms with Crippen LogP contribution in [-0.4, -0.2) is 11.9 Å². The van der Waals surface area contributed by atoms with Gasteiger partial charge in [-0.25, -0.2) is 0 Å². The fraction of sp³-hybridized carbons (Fsp3) is 0.462. The van der Waals surface area contributed by atoms with Gasteiger partial charge < -0.3 is 5.32 Å². The maximum atomic E-state index is 12.0. The van der Waals surface area contributed by atoms with Crippen molar-refractivity contribution in [2.24, 2.45) is 5.41 Å². The van der Waals surface area contributed by atoms with Gasteiger partial charge in [-0.1, -0.05) is 32.4 Å². The lowest BCUT2D eigenvalue weighted by molar-refractivity contribution is 0.0909. The van der Waals surface area contributed by atoms with E-state index in [1.54, 1.807) is 18.2 Å². The predicted molar refractivity (Wildman–Crippen MR) is 75.5 cm³/mol. The summed E-state index contributed by atoms with van der Waals surface area (Å²) in [4.78, 5) is 12.0. The van der Waals surface area contributed by atoms with Gasteiger partial charge in [-0.2, -0.15) is 0 Å². The van der Waals surface area contributed by atoms with Crippen LogP contribution < -0.4 is 5.32 Å². The van der Waals surface area contributed by atoms with Crippen LogP contribution in [0.3, 0.4) is 0 Å². The smallest absolute Gasteiger partial charge is 0.252 e. The highest BCUT2D eigenvalue weighted by Gasteiger charge is 2.22. The van der Waals surface area contributed by atoms with E-state index in [-0.39, 0.29) is 17.4 Å². The monoisotopic (exact) mass is 317 g/mol. The van der Waals surface area contributed by atoms with E-state index in [1.165, 1.54) is 0 Å². The molecule has 0 saturated heterocycles. The molecule has 2 nitrogen and oxygen atoms in total. The Bertz CT molecular complexity index is 426. The third-order valence-corrected chi connectivity index (χ3v) is 3.71. The second-order valence-electron chi connectivity index (χ2n) is 5.19. The molecule has 1 atom stereocenters. The van der Waals surface area contributed by atoms with Crippen LogP contribution in [0.25, 0.3) is 0 Å². The molecule has 1 aromatic carbocycles. The van der Waals surface area contributed by atoms with Crippen LogP contribution in [0.15, 0.2) is 22.7 Å². The van der Waals surface area contributed by atoms with Crippen molar-refractivity contribution in [3.05, 3.63) is 33.3 Å². The largest absolute Gasteiger partial charge is 0.349 e. The number of carbonyl (C=O) groups is 1. The summed E-state index contributed by atoms with van der Waals surface area (Å²) < 4.78 is 0.712. The Morgan fingerprint density at radius 1 is 1.41 bits per heavy atom. The third kappa shape index (κ3) is 4.00. The molecular formula is C13H17BrClNO. The van der Waals surface area contributed by atoms with Gasteiger partial charge in [0.2, 0.25) is 0 Å². The summed E-state index contributed by atoms with van der Waals surface area (Å²) in [5.74, 6) is -0.0871. The average Bonchev–Trinajstić information content (AvgIpc) is 2.15. The van der Waals surface area contributed by atoms with Crippen molar-refractivity contribution in [3.8, 4) is 0 Å². The van der Waals surface area contributed by atoms with Crippen LogP contribution in [0.5, 0.6) is 0 Å². The van der Waals surface area contributed by atoms with Crippen molar-refractivity contribution in [3.63, 3.8) is 0 Å². The molecular weight excluding hydrogens is 302 g/mol. The molecule has 0 aliphatic carbocycles. The molecule has 17 heavy (non-hydrogen) atoms. The average molecular weight is 319 g/mol. The molecule has 1 amide bonds. The molecule has 4 heteroatoms. The van der Waals surface area contributed by atoms with Crippen molar-refractivity contribution in [2.75, 3.05) is 0 Å². The molecule has 1 rings (SSSR count). The van der Waals surface area contributed by atoms with Crippen LogP contribution >= 0.6 is 27.5 Å². The molecule has 0 aliphatic rings. The number of rotatable bonds is 2. The van der Waals surface area contributed by atoms with Gasteiger partial charge in [0, 0.05) is 15.5 Å². The van der Waals surface area contributed by atoms with Crippen molar-refractivity contribution < 1.29 is 4.79 Å². The molecule has 0 heterocycles. The Hall–Kier alpha value is -0.540. The zero-order chi connectivity index (χ0) is 13.2. The fourth-order valence-electron chi connectivity index (χ4n) is 1.16. The fourth-order valence-corrected chi connectivity index (χ4v) is 2.03. The van der Waals surface area contributed by atoms with E-state index in [4.69, 9.17) is 11.6 Å². The number of nitrogens with one attached hydrogen (secondary N) is 1. The minimum absolute atomic E-state index is 0.0363. The van der Waals surface area contributed by atoms with E-state index >= 15 is 0 Å². The van der Waals surface area contributed by atoms with E-state index in [9.17, 15) is 4.79 Å². The molecule has 0 aliphatic heterocycles. The van der Waals surface area contributed by atoms with E-state index in [0.29, 0.717) is 15.1 Å². The van der Waals surface area contributed by atoms with Crippen LogP contribution in [0.1, 0.15) is 38.1 Å². The summed E-state index contributed by atoms with van der Waals surface area (Å²) in [6, 6.07) is 5.25. The first kappa shape index (κ1) is 14.5. The minimum atomic E-state index is -0.0871. The van der Waals surface area contributed by atoms with E-state index in [0.717, 1.165) is 0 Å². The lowest BCUT2D eigenvalue weighted by Crippen LogP contribution is -2.41. The van der Waals surface area contributed by atoms with Crippen molar-refractivity contribution in [1.82, 2.24) is 5.32 Å². The highest BCUT2D eigenvalue weighted by Crippen LogP contribution is 2.23. The third-order valence-electron chi connectivity index (χ3n) is 2.82. The quantitative estimate of drug-likeness (QED) is 0.867. The number of amides is 1. The van der Waals surface area contributed by atoms with Crippen LogP contribution in [-0.2, 0) is 0 Å². The predicted octanol–water partition coefficient (Wildman–Crippen LogP) is 4.27. The molecule has 1 N–H and O–H groups in total. The SMILES string of the molecule is CC(NC(=O)c1ccc(Cl)cc1Br)C(C)(C)C. The Labute approximate surface area is 116 Å². The van der Waals surface area contributed by atoms with E-state index in [2.05, 4.69) is 42.0 Å². The first-order valence-corrected chi connectivity index (χ1v) is 6.65. The zero-order valence-electron chi connectivity index (χ0n) is 10.5. The van der Waals surface area contributed by atoms with E-state index < -0.39 is 0 Å². The van der Waals surface area contributed by atoms with E-state index in [1.807, 2.05) is 6.92 Å². The van der Waals surface area contributed by atoms with Crippen LogP contribution in [0.4, 0.5) is 0 Å². The van der Waals surface area contributed by atoms with Crippen LogP contribution in [0.2, 0.25) is 5.02 Å². The summed E-state index contributed by atoms with van der Waals surface area (Å²) in [7, 11) is 0. The number of hydrogen-bond donors (Lipinski definition) is 1. The Morgan fingerprint density at radius 3 is 2.47 bits per heavy atom. The second-order valence-corrected chi connectivity index (χ2v) is 6.48. The number of benzene rings is 1. The molecule has 1 unspecified atom stereocenters. The number of hydrogen-bond acceptors (Lipinski definition) is 1. The van der Waals surface area contributed by atoms with Crippen LogP contribution in [0, 0.1) is 5.41 Å². The highest BCUT2D eigenvalue weighted by molar-refractivity contribution is 9.10. The molecule has 0 spiro atoms. The molecule has 0 bridgehead atoms. The Morgan fingerprint density at radius 2 is 2.00 bits per heavy atom. The number of carbonyl (C=O) groups excluding carboxylic acids is 1. The standard InChI is InChI=1S/C13H17BrClNO/c1-8(13(2,3)4)16-12(17)10-6-5-9(15)7-11(10)14/h5-8H,1-4H3,(H,16,17). The van der Waals surface area contributed by atoms with Gasteiger partial charge in [0.15, 0.2) is 0 Å². The normalized spacial score (nSPS) is 13.3. The molecule has 1 aromatic rings. The molecule has 0 aromatic heterocycles. The lowest BCUT2D eigenvalue weighted by atomic mass is 9.88. The van der Waals surface area contributed by atoms with Crippen molar-refractivity contribution in [1.29, 1.82) is 0 Å². The van der Waals surface area contributed by atoms with Gasteiger partial charge in [-0.3, -0.25) is 4.79 Å². The topological polar surface area (TPSA) is 29.1 Å². The summed E-state index contributed by atoms with van der Waals surface area (Å²) >= 11 is 9.18. The second kappa shape index (κ2) is 5.40. The maximum absolute atomic E-state index is 12.0. The van der Waals surface area contributed by atoms with Gasteiger partial charge in [0.05, 0.1) is 5.56 Å². The van der Waals surface area contributed by atoms with Gasteiger partial charge in [-0.05, 0) is 46.5 Å². The molecule has 0 fully saturated rings. The van der Waals surface area contributed by atoms with Crippen molar-refractivity contribution >= 4 is 33.4 Å². The summed E-state index contributed by atoms with van der Waals surface area (Å²) in [5.41, 5.74) is 0.639. The van der Waals surface area contributed by atoms with Crippen molar-refractivity contribution in [2.45, 2.75) is 33.7 Å². The maximum Gasteiger partial charge on any atom is 0.252 e. The van der Waals surface area contributed by atoms with Gasteiger partial charge in [0.25, 0.3) is 5.91 Å². The Balaban J connectivity index is 2.84. The Kier molecular flexibility index (Phi) is 4.62. The number of halogens is 2. The van der Waals surface area contributed by atoms with Gasteiger partial charge >= 0.3 is 0 Å². The lowest BCUT2D eigenvalue weighted by Gasteiger charge is -2.28. The first-order chi connectivity index (χ1) is 7.71. The summed E-state index contributed by atoms with van der Waals surface area (Å²) in [6.07, 6.45) is 0. The molecule has 0 radical (unpaired) electrons. The highest BCUT2D eigenvalue weighted by atomic mass is 79.9. The molecule has 94 valence electrons. The molecule has 0 saturated carbocycles. The zero-order valence-corrected chi connectivity index (χ0v) is 12.8. The summed E-state index contributed by atoms with van der Waals surface area (Å²) in [6.45, 7) is 8.28. The summed E-state index contributed by atoms with van der Waals surface area (Å²) in [5, 5.41) is 3.59. The van der Waals surface area contributed by atoms with Gasteiger partial charge in [0.1, 0.15) is 0 Å². The minimum Gasteiger partial charge on any atom is -0.349 e. The first-order valence-electron chi connectivity index (χ1n) is 5.47.